The van der Waals surface area contributed by atoms with E-state index in [1.807, 2.05) is 25.7 Å². The van der Waals surface area contributed by atoms with Gasteiger partial charge in [-0.25, -0.2) is 0 Å². The van der Waals surface area contributed by atoms with Crippen molar-refractivity contribution in [3.05, 3.63) is 0 Å². The molecule has 23 heavy (non-hydrogen) atoms. The summed E-state index contributed by atoms with van der Waals surface area (Å²) in [5.74, 6) is 0.318. The molecule has 6 heteroatoms. The molecule has 0 aromatic rings. The number of nitrogens with one attached hydrogen (secondary N) is 1. The Bertz CT molecular complexity index is 384. The van der Waals surface area contributed by atoms with Gasteiger partial charge in [-0.3, -0.25) is 9.59 Å². The summed E-state index contributed by atoms with van der Waals surface area (Å²) in [5.41, 5.74) is 5.75. The summed E-state index contributed by atoms with van der Waals surface area (Å²) < 4.78 is 0. The fourth-order valence-electron chi connectivity index (χ4n) is 2.82. The van der Waals surface area contributed by atoms with E-state index in [-0.39, 0.29) is 41.6 Å². The zero-order valence-corrected chi connectivity index (χ0v) is 16.0. The Morgan fingerprint density at radius 2 is 1.65 bits per heavy atom. The van der Waals surface area contributed by atoms with Gasteiger partial charge >= 0.3 is 0 Å². The second kappa shape index (κ2) is 9.48. The topological polar surface area (TPSA) is 75.4 Å². The maximum atomic E-state index is 12.3. The molecule has 3 N–H and O–H groups in total. The molecule has 0 bridgehead atoms. The lowest BCUT2D eigenvalue weighted by Gasteiger charge is -2.35. The van der Waals surface area contributed by atoms with Crippen LogP contribution in [0.5, 0.6) is 0 Å². The number of rotatable bonds is 5. The summed E-state index contributed by atoms with van der Waals surface area (Å²) in [6.45, 7) is 11.5. The molecule has 0 radical (unpaired) electrons. The van der Waals surface area contributed by atoms with Crippen LogP contribution in [0.15, 0.2) is 0 Å². The summed E-state index contributed by atoms with van der Waals surface area (Å²) in [7, 11) is 0. The standard InChI is InChI=1S/C17H33N3O2.ClH/c1-6-12(7-2)16(22)20-10-8-13(9-11-20)19-15(21)14(18)17(3,4)5;/h12-14H,6-11,18H2,1-5H3,(H,19,21);1H/t14-;/m1./s1. The Labute approximate surface area is 147 Å². The first-order valence-electron chi connectivity index (χ1n) is 8.55. The number of carbonyl (C=O) groups excluding carboxylic acids is 2. The van der Waals surface area contributed by atoms with Gasteiger partial charge in [0, 0.05) is 25.0 Å². The van der Waals surface area contributed by atoms with Crippen molar-refractivity contribution in [1.29, 1.82) is 0 Å². The highest BCUT2D eigenvalue weighted by Gasteiger charge is 2.31. The van der Waals surface area contributed by atoms with Crippen molar-refractivity contribution in [1.82, 2.24) is 10.2 Å². The quantitative estimate of drug-likeness (QED) is 0.801. The molecule has 1 heterocycles. The second-order valence-corrected chi connectivity index (χ2v) is 7.47. The van der Waals surface area contributed by atoms with Crippen LogP contribution in [0.2, 0.25) is 0 Å². The van der Waals surface area contributed by atoms with Crippen LogP contribution in [0.25, 0.3) is 0 Å². The van der Waals surface area contributed by atoms with Gasteiger partial charge in [0.2, 0.25) is 11.8 Å². The first-order chi connectivity index (χ1) is 10.2. The number of likely N-dealkylation sites (tertiary alicyclic amines) is 1. The molecule has 0 aromatic heterocycles. The van der Waals surface area contributed by atoms with E-state index >= 15 is 0 Å². The molecule has 0 aromatic carbocycles. The number of piperidine rings is 1. The monoisotopic (exact) mass is 347 g/mol. The fraction of sp³-hybridized carbons (Fsp3) is 0.882. The molecule has 1 aliphatic heterocycles. The predicted molar refractivity (Wildman–Crippen MR) is 96.5 cm³/mol. The second-order valence-electron chi connectivity index (χ2n) is 7.47. The lowest BCUT2D eigenvalue weighted by Crippen LogP contribution is -2.54. The first-order valence-corrected chi connectivity index (χ1v) is 8.55. The van der Waals surface area contributed by atoms with Crippen LogP contribution >= 0.6 is 12.4 Å². The number of nitrogens with two attached hydrogens (primary N) is 1. The van der Waals surface area contributed by atoms with Crippen molar-refractivity contribution in [3.8, 4) is 0 Å². The Hall–Kier alpha value is -0.810. The van der Waals surface area contributed by atoms with Crippen molar-refractivity contribution >= 4 is 24.2 Å². The van der Waals surface area contributed by atoms with Gasteiger partial charge in [0.15, 0.2) is 0 Å². The van der Waals surface area contributed by atoms with E-state index < -0.39 is 6.04 Å². The third kappa shape index (κ3) is 6.30. The van der Waals surface area contributed by atoms with E-state index in [1.165, 1.54) is 0 Å². The van der Waals surface area contributed by atoms with Crippen molar-refractivity contribution in [2.45, 2.75) is 72.4 Å². The number of hydrogen-bond acceptors (Lipinski definition) is 3. The summed E-state index contributed by atoms with van der Waals surface area (Å²) in [5, 5.41) is 3.04. The molecule has 0 unspecified atom stereocenters. The summed E-state index contributed by atoms with van der Waals surface area (Å²) in [4.78, 5) is 26.5. The van der Waals surface area contributed by atoms with Crippen LogP contribution < -0.4 is 11.1 Å². The van der Waals surface area contributed by atoms with Crippen LogP contribution in [0, 0.1) is 11.3 Å². The van der Waals surface area contributed by atoms with Crippen LogP contribution in [-0.4, -0.2) is 41.9 Å². The molecule has 2 amide bonds. The maximum Gasteiger partial charge on any atom is 0.237 e. The minimum atomic E-state index is -0.503. The zero-order chi connectivity index (χ0) is 16.9. The van der Waals surface area contributed by atoms with Crippen molar-refractivity contribution < 1.29 is 9.59 Å². The summed E-state index contributed by atoms with van der Waals surface area (Å²) >= 11 is 0. The third-order valence-corrected chi connectivity index (χ3v) is 4.70. The van der Waals surface area contributed by atoms with Gasteiger partial charge in [-0.15, -0.1) is 12.4 Å². The Morgan fingerprint density at radius 3 is 2.04 bits per heavy atom. The van der Waals surface area contributed by atoms with Gasteiger partial charge in [0.05, 0.1) is 6.04 Å². The highest BCUT2D eigenvalue weighted by atomic mass is 35.5. The van der Waals surface area contributed by atoms with E-state index in [0.29, 0.717) is 0 Å². The van der Waals surface area contributed by atoms with Gasteiger partial charge in [-0.1, -0.05) is 34.6 Å². The van der Waals surface area contributed by atoms with Gasteiger partial charge in [-0.2, -0.15) is 0 Å². The lowest BCUT2D eigenvalue weighted by atomic mass is 9.86. The third-order valence-electron chi connectivity index (χ3n) is 4.70. The van der Waals surface area contributed by atoms with Crippen molar-refractivity contribution in [2.75, 3.05) is 13.1 Å². The molecule has 136 valence electrons. The molecule has 1 atom stereocenters. The largest absolute Gasteiger partial charge is 0.352 e. The van der Waals surface area contributed by atoms with Crippen LogP contribution in [0.1, 0.15) is 60.3 Å². The molecule has 1 fully saturated rings. The molecular formula is C17H34ClN3O2. The van der Waals surface area contributed by atoms with E-state index in [2.05, 4.69) is 19.2 Å². The normalized spacial score (nSPS) is 17.6. The lowest BCUT2D eigenvalue weighted by molar-refractivity contribution is -0.137. The van der Waals surface area contributed by atoms with Crippen LogP contribution in [0.3, 0.4) is 0 Å². The zero-order valence-electron chi connectivity index (χ0n) is 15.2. The molecule has 0 aliphatic carbocycles. The average molecular weight is 348 g/mol. The van der Waals surface area contributed by atoms with Gasteiger partial charge < -0.3 is 16.0 Å². The smallest absolute Gasteiger partial charge is 0.237 e. The minimum Gasteiger partial charge on any atom is -0.352 e. The molecule has 0 spiro atoms. The van der Waals surface area contributed by atoms with Crippen molar-refractivity contribution in [3.63, 3.8) is 0 Å². The Morgan fingerprint density at radius 1 is 1.17 bits per heavy atom. The molecule has 1 rings (SSSR count). The Kier molecular flexibility index (Phi) is 9.14. The van der Waals surface area contributed by atoms with Gasteiger partial charge in [-0.05, 0) is 31.1 Å². The van der Waals surface area contributed by atoms with E-state index in [0.717, 1.165) is 38.8 Å². The van der Waals surface area contributed by atoms with Gasteiger partial charge in [0.25, 0.3) is 0 Å². The molecule has 0 saturated carbocycles. The SMILES string of the molecule is CCC(CC)C(=O)N1CCC(NC(=O)[C@@H](N)C(C)(C)C)CC1.Cl. The number of carbonyl (C=O) groups is 2. The minimum absolute atomic E-state index is 0. The highest BCUT2D eigenvalue weighted by Crippen LogP contribution is 2.20. The van der Waals surface area contributed by atoms with E-state index in [9.17, 15) is 9.59 Å². The molecule has 1 aliphatic rings. The predicted octanol–water partition coefficient (Wildman–Crippen LogP) is 2.33. The Balaban J connectivity index is 0.00000484. The van der Waals surface area contributed by atoms with Crippen LogP contribution in [-0.2, 0) is 9.59 Å². The molecule has 1 saturated heterocycles. The maximum absolute atomic E-state index is 12.3. The fourth-order valence-corrected chi connectivity index (χ4v) is 2.82. The highest BCUT2D eigenvalue weighted by molar-refractivity contribution is 5.85. The van der Waals surface area contributed by atoms with E-state index in [4.69, 9.17) is 5.73 Å². The number of amides is 2. The summed E-state index contributed by atoms with van der Waals surface area (Å²) in [6, 6.07) is -0.372. The number of halogens is 1. The van der Waals surface area contributed by atoms with Crippen molar-refractivity contribution in [2.24, 2.45) is 17.1 Å². The number of hydrogen-bond donors (Lipinski definition) is 2. The van der Waals surface area contributed by atoms with Crippen LogP contribution in [0.4, 0.5) is 0 Å². The molecule has 5 nitrogen and oxygen atoms in total. The summed E-state index contributed by atoms with van der Waals surface area (Å²) in [6.07, 6.45) is 3.42. The first kappa shape index (κ1) is 22.2. The number of nitrogens with zero attached hydrogens (tertiary/aromatic N) is 1. The van der Waals surface area contributed by atoms with E-state index in [1.54, 1.807) is 0 Å². The molecular weight excluding hydrogens is 314 g/mol. The average Bonchev–Trinajstić information content (AvgIpc) is 2.47. The van der Waals surface area contributed by atoms with Gasteiger partial charge in [0.1, 0.15) is 0 Å².